The zero-order valence-electron chi connectivity index (χ0n) is 17.8. The van der Waals surface area contributed by atoms with Crippen molar-refractivity contribution in [2.24, 2.45) is 0 Å². The van der Waals surface area contributed by atoms with Gasteiger partial charge in [0.2, 0.25) is 15.9 Å². The lowest BCUT2D eigenvalue weighted by atomic mass is 10.1. The summed E-state index contributed by atoms with van der Waals surface area (Å²) in [6, 6.07) is 12.9. The highest BCUT2D eigenvalue weighted by Crippen LogP contribution is 2.34. The van der Waals surface area contributed by atoms with Crippen LogP contribution in [0.1, 0.15) is 37.8 Å². The quantitative estimate of drug-likeness (QED) is 0.738. The summed E-state index contributed by atoms with van der Waals surface area (Å²) in [5.74, 6) is -0.0228. The van der Waals surface area contributed by atoms with Crippen LogP contribution in [0.5, 0.6) is 0 Å². The number of hydrogen-bond acceptors (Lipinski definition) is 4. The highest BCUT2D eigenvalue weighted by molar-refractivity contribution is 7.89. The topological polar surface area (TPSA) is 69.7 Å². The average Bonchev–Trinajstić information content (AvgIpc) is 3.06. The van der Waals surface area contributed by atoms with Gasteiger partial charge in [-0.3, -0.25) is 9.69 Å². The number of nitrogens with one attached hydrogen (secondary N) is 1. The van der Waals surface area contributed by atoms with E-state index in [1.54, 1.807) is 23.1 Å². The van der Waals surface area contributed by atoms with E-state index in [2.05, 4.69) is 9.62 Å². The fourth-order valence-corrected chi connectivity index (χ4v) is 6.08. The summed E-state index contributed by atoms with van der Waals surface area (Å²) in [5, 5.41) is 0.729. The molecule has 2 aromatic rings. The molecule has 1 fully saturated rings. The van der Waals surface area contributed by atoms with Crippen molar-refractivity contribution in [2.45, 2.75) is 56.6 Å². The molecule has 1 atom stereocenters. The number of amides is 1. The van der Waals surface area contributed by atoms with E-state index in [-0.39, 0.29) is 22.9 Å². The Hall–Kier alpha value is -1.93. The molecular weight excluding hydrogens is 434 g/mol. The minimum Gasteiger partial charge on any atom is -0.309 e. The zero-order valence-corrected chi connectivity index (χ0v) is 19.4. The first-order valence-corrected chi connectivity index (χ1v) is 12.5. The highest BCUT2D eigenvalue weighted by atomic mass is 35.5. The summed E-state index contributed by atoms with van der Waals surface area (Å²) in [5.41, 5.74) is 2.92. The highest BCUT2D eigenvalue weighted by Gasteiger charge is 2.31. The number of rotatable bonds is 5. The largest absolute Gasteiger partial charge is 0.309 e. The van der Waals surface area contributed by atoms with Gasteiger partial charge in [0.25, 0.3) is 0 Å². The van der Waals surface area contributed by atoms with Crippen LogP contribution in [0.25, 0.3) is 0 Å². The van der Waals surface area contributed by atoms with Crippen LogP contribution in [-0.4, -0.2) is 44.4 Å². The van der Waals surface area contributed by atoms with Crippen molar-refractivity contribution in [3.8, 4) is 0 Å². The van der Waals surface area contributed by atoms with E-state index in [0.29, 0.717) is 6.42 Å². The van der Waals surface area contributed by atoms with Gasteiger partial charge < -0.3 is 4.90 Å². The maximum atomic E-state index is 13.0. The Bertz CT molecular complexity index is 1060. The summed E-state index contributed by atoms with van der Waals surface area (Å²) in [7, 11) is -3.60. The van der Waals surface area contributed by atoms with Gasteiger partial charge >= 0.3 is 0 Å². The van der Waals surface area contributed by atoms with Crippen molar-refractivity contribution in [1.82, 2.24) is 9.62 Å². The third-order valence-electron chi connectivity index (χ3n) is 6.14. The normalized spacial score (nSPS) is 20.1. The van der Waals surface area contributed by atoms with Gasteiger partial charge in [-0.1, -0.05) is 23.7 Å². The number of halogens is 1. The van der Waals surface area contributed by atoms with Gasteiger partial charge in [0.1, 0.15) is 0 Å². The van der Waals surface area contributed by atoms with Gasteiger partial charge in [0.05, 0.1) is 4.90 Å². The van der Waals surface area contributed by atoms with Crippen LogP contribution in [0.15, 0.2) is 47.4 Å². The smallest absolute Gasteiger partial charge is 0.240 e. The fourth-order valence-electron chi connectivity index (χ4n) is 4.60. The van der Waals surface area contributed by atoms with Crippen molar-refractivity contribution in [3.63, 3.8) is 0 Å². The third kappa shape index (κ3) is 4.95. The maximum absolute atomic E-state index is 13.0. The standard InChI is InChI=1S/C23H28ClN3O3S/c1-16-13-19-14-22(7-8-23(19)27(16)17(2)28)31(29,30)25-21-9-11-26(12-10-21)15-18-3-5-20(24)6-4-18/h3-8,14,16,21,25H,9-13,15H2,1-2H3. The predicted octanol–water partition coefficient (Wildman–Crippen LogP) is 3.58. The Morgan fingerprint density at radius 2 is 1.81 bits per heavy atom. The van der Waals surface area contributed by atoms with Crippen LogP contribution in [0.2, 0.25) is 5.02 Å². The van der Waals surface area contributed by atoms with Crippen LogP contribution in [0, 0.1) is 0 Å². The van der Waals surface area contributed by atoms with E-state index in [9.17, 15) is 13.2 Å². The Morgan fingerprint density at radius 1 is 1.13 bits per heavy atom. The lowest BCUT2D eigenvalue weighted by Crippen LogP contribution is -2.44. The number of carbonyl (C=O) groups excluding carboxylic acids is 1. The van der Waals surface area contributed by atoms with Crippen molar-refractivity contribution in [3.05, 3.63) is 58.6 Å². The van der Waals surface area contributed by atoms with E-state index in [0.717, 1.165) is 48.7 Å². The summed E-state index contributed by atoms with van der Waals surface area (Å²) >= 11 is 5.95. The molecule has 2 heterocycles. The number of sulfonamides is 1. The number of fused-ring (bicyclic) bond motifs is 1. The van der Waals surface area contributed by atoms with Crippen LogP contribution < -0.4 is 9.62 Å². The van der Waals surface area contributed by atoms with E-state index < -0.39 is 10.0 Å². The number of nitrogens with zero attached hydrogens (tertiary/aromatic N) is 2. The lowest BCUT2D eigenvalue weighted by Gasteiger charge is -2.32. The molecule has 1 N–H and O–H groups in total. The molecule has 166 valence electrons. The molecule has 4 rings (SSSR count). The van der Waals surface area contributed by atoms with Crippen molar-refractivity contribution in [2.75, 3.05) is 18.0 Å². The van der Waals surface area contributed by atoms with Crippen LogP contribution in [0.3, 0.4) is 0 Å². The summed E-state index contributed by atoms with van der Waals surface area (Å²) in [6.07, 6.45) is 2.21. The second kappa shape index (κ2) is 8.90. The molecule has 0 aromatic heterocycles. The zero-order chi connectivity index (χ0) is 22.2. The number of piperidine rings is 1. The van der Waals surface area contributed by atoms with Gasteiger partial charge in [-0.25, -0.2) is 13.1 Å². The second-order valence-electron chi connectivity index (χ2n) is 8.53. The number of benzene rings is 2. The van der Waals surface area contributed by atoms with E-state index >= 15 is 0 Å². The lowest BCUT2D eigenvalue weighted by molar-refractivity contribution is -0.116. The molecule has 0 bridgehead atoms. The summed E-state index contributed by atoms with van der Waals surface area (Å²) in [6.45, 7) is 6.03. The van der Waals surface area contributed by atoms with Gasteiger partial charge in [0.15, 0.2) is 0 Å². The number of hydrogen-bond donors (Lipinski definition) is 1. The minimum absolute atomic E-state index is 0.0228. The van der Waals surface area contributed by atoms with Crippen molar-refractivity contribution < 1.29 is 13.2 Å². The first-order chi connectivity index (χ1) is 14.7. The predicted molar refractivity (Wildman–Crippen MR) is 123 cm³/mol. The summed E-state index contributed by atoms with van der Waals surface area (Å²) < 4.78 is 28.9. The van der Waals surface area contributed by atoms with E-state index in [1.807, 2.05) is 31.2 Å². The molecule has 1 saturated heterocycles. The van der Waals surface area contributed by atoms with Gasteiger partial charge in [-0.2, -0.15) is 0 Å². The van der Waals surface area contributed by atoms with Gasteiger partial charge in [0, 0.05) is 49.4 Å². The minimum atomic E-state index is -3.60. The first kappa shape index (κ1) is 22.3. The van der Waals surface area contributed by atoms with E-state index in [4.69, 9.17) is 11.6 Å². The van der Waals surface area contributed by atoms with Crippen LogP contribution >= 0.6 is 11.6 Å². The summed E-state index contributed by atoms with van der Waals surface area (Å²) in [4.78, 5) is 16.2. The number of likely N-dealkylation sites (tertiary alicyclic amines) is 1. The molecule has 2 aliphatic heterocycles. The molecule has 0 aliphatic carbocycles. The maximum Gasteiger partial charge on any atom is 0.240 e. The molecule has 1 unspecified atom stereocenters. The molecule has 2 aromatic carbocycles. The van der Waals surface area contributed by atoms with E-state index in [1.165, 1.54) is 12.5 Å². The molecule has 0 saturated carbocycles. The van der Waals surface area contributed by atoms with Crippen molar-refractivity contribution in [1.29, 1.82) is 0 Å². The average molecular weight is 462 g/mol. The Kier molecular flexibility index (Phi) is 6.40. The Balaban J connectivity index is 1.37. The Labute approximate surface area is 189 Å². The first-order valence-electron chi connectivity index (χ1n) is 10.6. The Morgan fingerprint density at radius 3 is 2.45 bits per heavy atom. The number of carbonyl (C=O) groups is 1. The van der Waals surface area contributed by atoms with Crippen LogP contribution in [0.4, 0.5) is 5.69 Å². The third-order valence-corrected chi connectivity index (χ3v) is 7.92. The van der Waals surface area contributed by atoms with Crippen LogP contribution in [-0.2, 0) is 27.8 Å². The molecule has 2 aliphatic rings. The molecule has 0 radical (unpaired) electrons. The molecule has 8 heteroatoms. The van der Waals surface area contributed by atoms with Gasteiger partial charge in [-0.15, -0.1) is 0 Å². The molecular formula is C23H28ClN3O3S. The molecule has 31 heavy (non-hydrogen) atoms. The molecule has 0 spiro atoms. The molecule has 6 nitrogen and oxygen atoms in total. The second-order valence-corrected chi connectivity index (χ2v) is 10.7. The fraction of sp³-hybridized carbons (Fsp3) is 0.435. The SMILES string of the molecule is CC(=O)N1c2ccc(S(=O)(=O)NC3CCN(Cc4ccc(Cl)cc4)CC3)cc2CC1C. The van der Waals surface area contributed by atoms with Gasteiger partial charge in [-0.05, 0) is 67.6 Å². The van der Waals surface area contributed by atoms with Crippen molar-refractivity contribution >= 4 is 33.2 Å². The monoisotopic (exact) mass is 461 g/mol. The molecule has 1 amide bonds. The number of anilines is 1.